The van der Waals surface area contributed by atoms with Crippen LogP contribution in [0.4, 0.5) is 10.5 Å². The Balaban J connectivity index is 2.73. The van der Waals surface area contributed by atoms with E-state index in [9.17, 15) is 14.9 Å². The Labute approximate surface area is 95.7 Å². The zero-order valence-corrected chi connectivity index (χ0v) is 9.86. The molecule has 4 nitrogen and oxygen atoms in total. The van der Waals surface area contributed by atoms with Gasteiger partial charge >= 0.3 is 95.8 Å². The molecule has 0 atom stereocenters. The van der Waals surface area contributed by atoms with Gasteiger partial charge in [-0.05, 0) is 0 Å². The van der Waals surface area contributed by atoms with Gasteiger partial charge in [0.2, 0.25) is 0 Å². The van der Waals surface area contributed by atoms with E-state index in [2.05, 4.69) is 0 Å². The molecule has 6 heteroatoms. The van der Waals surface area contributed by atoms with Gasteiger partial charge in [0.25, 0.3) is 0 Å². The molecule has 0 aromatic heterocycles. The first-order valence-electron chi connectivity index (χ1n) is 3.61. The number of halogens is 2. The number of nitrogens with zero attached hydrogens (tertiary/aromatic N) is 1. The van der Waals surface area contributed by atoms with Gasteiger partial charge in [-0.2, -0.15) is 0 Å². The van der Waals surface area contributed by atoms with E-state index in [0.717, 1.165) is 5.56 Å². The molecule has 0 amide bonds. The molecule has 0 fully saturated rings. The van der Waals surface area contributed by atoms with Gasteiger partial charge in [0.05, 0.1) is 0 Å². The van der Waals surface area contributed by atoms with E-state index in [4.69, 9.17) is 11.6 Å². The molecule has 0 aliphatic carbocycles. The molecular formula is C8H6ClINO3-. The van der Waals surface area contributed by atoms with Crippen LogP contribution in [0.15, 0.2) is 24.3 Å². The van der Waals surface area contributed by atoms with E-state index in [1.54, 1.807) is 12.1 Å². The Morgan fingerprint density at radius 3 is 2.86 bits per heavy atom. The van der Waals surface area contributed by atoms with Crippen molar-refractivity contribution in [1.29, 1.82) is 0 Å². The molecular weight excluding hydrogens is 320 g/mol. The Bertz CT molecular complexity index is 369. The summed E-state index contributed by atoms with van der Waals surface area (Å²) in [6.45, 7) is 0. The topological polar surface area (TPSA) is 60.2 Å². The number of non-ortho nitro benzene ring substituents is 1. The van der Waals surface area contributed by atoms with Gasteiger partial charge in [-0.3, -0.25) is 0 Å². The first kappa shape index (κ1) is 11.4. The van der Waals surface area contributed by atoms with Crippen LogP contribution in [0.25, 0.3) is 0 Å². The van der Waals surface area contributed by atoms with Gasteiger partial charge in [0.15, 0.2) is 0 Å². The van der Waals surface area contributed by atoms with E-state index < -0.39 is 26.1 Å². The summed E-state index contributed by atoms with van der Waals surface area (Å²) < 4.78 is 0.221. The van der Waals surface area contributed by atoms with Crippen LogP contribution in [0.1, 0.15) is 5.56 Å². The average molecular weight is 326 g/mol. The Kier molecular flexibility index (Phi) is 4.27. The van der Waals surface area contributed by atoms with Crippen LogP contribution in [-0.4, -0.2) is 8.17 Å². The molecule has 14 heavy (non-hydrogen) atoms. The van der Waals surface area contributed by atoms with E-state index >= 15 is 0 Å². The second-order valence-electron chi connectivity index (χ2n) is 2.42. The molecule has 0 bridgehead atoms. The molecule has 0 aliphatic heterocycles. The predicted molar refractivity (Wildman–Crippen MR) is 48.0 cm³/mol. The summed E-state index contributed by atoms with van der Waals surface area (Å²) in [6.07, 6.45) is 0. The van der Waals surface area contributed by atoms with Crippen molar-refractivity contribution in [2.24, 2.45) is 0 Å². The number of hydrogen-bond donors (Lipinski definition) is 0. The number of carbonyl (C=O) groups is 1. The minimum atomic E-state index is -0.742. The van der Waals surface area contributed by atoms with Crippen molar-refractivity contribution in [3.05, 3.63) is 39.9 Å². The van der Waals surface area contributed by atoms with Crippen molar-refractivity contribution in [2.75, 3.05) is 0 Å². The molecule has 0 saturated heterocycles. The summed E-state index contributed by atoms with van der Waals surface area (Å²) >= 11 is 4.46. The monoisotopic (exact) mass is 326 g/mol. The van der Waals surface area contributed by atoms with E-state index in [1.807, 2.05) is 0 Å². The summed E-state index contributed by atoms with van der Waals surface area (Å²) in [5.41, 5.74) is 0.842. The van der Waals surface area contributed by atoms with Crippen LogP contribution < -0.4 is 21.2 Å². The minimum absolute atomic E-state index is 0.0496. The summed E-state index contributed by atoms with van der Waals surface area (Å²) in [6, 6.07) is 6.26. The van der Waals surface area contributed by atoms with E-state index in [-0.39, 0.29) is 8.94 Å². The molecule has 1 aromatic carbocycles. The number of rotatable bonds is 4. The fourth-order valence-electron chi connectivity index (χ4n) is 0.883. The molecule has 1 aromatic rings. The zero-order valence-electron chi connectivity index (χ0n) is 6.94. The molecule has 76 valence electrons. The van der Waals surface area contributed by atoms with Crippen molar-refractivity contribution in [1.82, 2.24) is 0 Å². The van der Waals surface area contributed by atoms with Gasteiger partial charge in [0, 0.05) is 0 Å². The fraction of sp³-hybridized carbons (Fsp3) is 0.125. The third-order valence-corrected chi connectivity index (χ3v) is 3.99. The van der Waals surface area contributed by atoms with Gasteiger partial charge in [0.1, 0.15) is 0 Å². The van der Waals surface area contributed by atoms with Crippen LogP contribution in [-0.2, 0) is 4.43 Å². The molecule has 0 saturated carbocycles. The van der Waals surface area contributed by atoms with Crippen LogP contribution >= 0.6 is 11.6 Å². The van der Waals surface area contributed by atoms with Crippen molar-refractivity contribution in [3.63, 3.8) is 0 Å². The van der Waals surface area contributed by atoms with Crippen molar-refractivity contribution in [2.45, 2.75) is 4.43 Å². The first-order chi connectivity index (χ1) is 6.59. The van der Waals surface area contributed by atoms with Crippen LogP contribution in [0.5, 0.6) is 0 Å². The first-order valence-corrected chi connectivity index (χ1v) is 6.60. The van der Waals surface area contributed by atoms with Gasteiger partial charge in [-0.15, -0.1) is 0 Å². The molecule has 0 unspecified atom stereocenters. The molecule has 0 N–H and O–H groups in total. The maximum atomic E-state index is 10.5. The van der Waals surface area contributed by atoms with Crippen molar-refractivity contribution >= 4 is 20.5 Å². The molecule has 0 spiro atoms. The summed E-state index contributed by atoms with van der Waals surface area (Å²) in [5, 5.41) is 10.4. The Morgan fingerprint density at radius 2 is 2.29 bits per heavy atom. The third-order valence-electron chi connectivity index (χ3n) is 1.45. The number of benzene rings is 1. The zero-order chi connectivity index (χ0) is 10.6. The predicted octanol–water partition coefficient (Wildman–Crippen LogP) is -0.457. The van der Waals surface area contributed by atoms with Gasteiger partial charge < -0.3 is 0 Å². The Morgan fingerprint density at radius 1 is 1.57 bits per heavy atom. The second kappa shape index (κ2) is 5.26. The summed E-state index contributed by atoms with van der Waals surface area (Å²) in [5.74, 6) is 0. The summed E-state index contributed by atoms with van der Waals surface area (Å²) in [4.78, 5) is 20.5. The second-order valence-corrected chi connectivity index (χ2v) is 5.91. The number of carbonyl (C=O) groups excluding carboxylic acids is 1. The molecule has 1 rings (SSSR count). The van der Waals surface area contributed by atoms with E-state index in [0.29, 0.717) is 4.43 Å². The summed E-state index contributed by atoms with van der Waals surface area (Å²) in [7, 11) is 0. The maximum absolute atomic E-state index is 10.5. The van der Waals surface area contributed by atoms with Crippen molar-refractivity contribution in [3.8, 4) is 0 Å². The van der Waals surface area contributed by atoms with Crippen LogP contribution in [0.2, 0.25) is 0 Å². The van der Waals surface area contributed by atoms with Crippen LogP contribution in [0, 0.1) is 10.1 Å². The molecule has 0 radical (unpaired) electrons. The standard InChI is InChI=1S/C8H6ClINO3/c9-8(12)10-5-6-2-1-3-7(4-6)11(13)14/h1-4H,5H2/q-1. The fourth-order valence-corrected chi connectivity index (χ4v) is 2.44. The normalized spacial score (nSPS) is 10.1. The molecule has 0 aliphatic rings. The van der Waals surface area contributed by atoms with E-state index in [1.165, 1.54) is 12.1 Å². The SMILES string of the molecule is O=C(Cl)[I-]Cc1cccc([N+](=O)[O-])c1. The van der Waals surface area contributed by atoms with Crippen molar-refractivity contribution < 1.29 is 30.9 Å². The molecule has 0 heterocycles. The average Bonchev–Trinajstić information content (AvgIpc) is 2.15. The Hall–Kier alpha value is -0.690. The quantitative estimate of drug-likeness (QED) is 0.247. The van der Waals surface area contributed by atoms with Crippen LogP contribution in [0.3, 0.4) is 0 Å². The number of hydrogen-bond acceptors (Lipinski definition) is 3. The third kappa shape index (κ3) is 3.59. The number of nitro benzene ring substituents is 1. The van der Waals surface area contributed by atoms with Gasteiger partial charge in [-0.25, -0.2) is 0 Å². The van der Waals surface area contributed by atoms with Gasteiger partial charge in [-0.1, -0.05) is 0 Å². The number of nitro groups is 1. The number of alkyl halides is 1.